The molecule has 0 radical (unpaired) electrons. The summed E-state index contributed by atoms with van der Waals surface area (Å²) < 4.78 is 0. The lowest BCUT2D eigenvalue weighted by molar-refractivity contribution is -0.125. The Morgan fingerprint density at radius 2 is 2.48 bits per heavy atom. The quantitative estimate of drug-likeness (QED) is 0.942. The Hall–Kier alpha value is -1.69. The van der Waals surface area contributed by atoms with E-state index in [4.69, 9.17) is 0 Å². The van der Waals surface area contributed by atoms with Crippen molar-refractivity contribution in [2.75, 3.05) is 24.5 Å². The molecule has 0 aliphatic carbocycles. The van der Waals surface area contributed by atoms with E-state index < -0.39 is 0 Å². The van der Waals surface area contributed by atoms with Crippen LogP contribution in [-0.4, -0.2) is 35.5 Å². The van der Waals surface area contributed by atoms with E-state index in [0.29, 0.717) is 0 Å². The van der Waals surface area contributed by atoms with Gasteiger partial charge in [0.2, 0.25) is 5.91 Å². The molecule has 2 aromatic heterocycles. The second-order valence-electron chi connectivity index (χ2n) is 5.40. The summed E-state index contributed by atoms with van der Waals surface area (Å²) in [5, 5.41) is 3.99. The summed E-state index contributed by atoms with van der Waals surface area (Å²) >= 11 is 1.61. The molecule has 1 fully saturated rings. The first-order valence-corrected chi connectivity index (χ1v) is 8.34. The van der Waals surface area contributed by atoms with Gasteiger partial charge >= 0.3 is 0 Å². The molecule has 1 aliphatic rings. The van der Waals surface area contributed by atoms with E-state index >= 15 is 0 Å². The summed E-state index contributed by atoms with van der Waals surface area (Å²) in [6.07, 6.45) is 4.77. The average Bonchev–Trinajstić information content (AvgIpc) is 2.97. The lowest BCUT2D eigenvalue weighted by atomic mass is 9.97. The number of fused-ring (bicyclic) bond motifs is 1. The van der Waals surface area contributed by atoms with Crippen LogP contribution in [0.15, 0.2) is 18.3 Å². The first-order chi connectivity index (χ1) is 10.3. The van der Waals surface area contributed by atoms with Gasteiger partial charge in [-0.2, -0.15) is 0 Å². The molecule has 0 bridgehead atoms. The lowest BCUT2D eigenvalue weighted by Gasteiger charge is -2.31. The van der Waals surface area contributed by atoms with E-state index in [1.54, 1.807) is 17.5 Å². The van der Waals surface area contributed by atoms with Crippen molar-refractivity contribution < 1.29 is 4.79 Å². The van der Waals surface area contributed by atoms with Gasteiger partial charge in [0.25, 0.3) is 0 Å². The number of nitrogens with zero attached hydrogens (tertiary/aromatic N) is 3. The molecule has 1 aliphatic heterocycles. The van der Waals surface area contributed by atoms with Gasteiger partial charge in [0, 0.05) is 25.8 Å². The SMILES string of the molecule is CCCNC(=O)[C@H]1CCCN(c2nc3cccnc3s2)C1. The van der Waals surface area contributed by atoms with E-state index in [0.717, 1.165) is 54.4 Å². The van der Waals surface area contributed by atoms with Gasteiger partial charge in [-0.15, -0.1) is 0 Å². The molecule has 1 N–H and O–H groups in total. The summed E-state index contributed by atoms with van der Waals surface area (Å²) in [5.41, 5.74) is 0.940. The second kappa shape index (κ2) is 6.39. The lowest BCUT2D eigenvalue weighted by Crippen LogP contribution is -2.43. The van der Waals surface area contributed by atoms with Crippen LogP contribution < -0.4 is 10.2 Å². The Labute approximate surface area is 128 Å². The van der Waals surface area contributed by atoms with Crippen molar-refractivity contribution in [2.45, 2.75) is 26.2 Å². The first kappa shape index (κ1) is 14.3. The van der Waals surface area contributed by atoms with Crippen LogP contribution in [0.2, 0.25) is 0 Å². The second-order valence-corrected chi connectivity index (χ2v) is 6.36. The maximum Gasteiger partial charge on any atom is 0.224 e. The Kier molecular flexibility index (Phi) is 4.34. The minimum atomic E-state index is 0.0743. The molecular weight excluding hydrogens is 284 g/mol. The number of aromatic nitrogens is 2. The molecule has 0 aromatic carbocycles. The number of hydrogen-bond donors (Lipinski definition) is 1. The zero-order valence-corrected chi connectivity index (χ0v) is 13.0. The molecule has 5 nitrogen and oxygen atoms in total. The largest absolute Gasteiger partial charge is 0.356 e. The van der Waals surface area contributed by atoms with Crippen molar-refractivity contribution in [1.82, 2.24) is 15.3 Å². The maximum absolute atomic E-state index is 12.1. The molecule has 6 heteroatoms. The van der Waals surface area contributed by atoms with Gasteiger partial charge in [-0.05, 0) is 31.4 Å². The van der Waals surface area contributed by atoms with Crippen molar-refractivity contribution in [2.24, 2.45) is 5.92 Å². The summed E-state index contributed by atoms with van der Waals surface area (Å²) in [4.78, 5) is 24.3. The molecule has 0 saturated carbocycles. The van der Waals surface area contributed by atoms with Gasteiger partial charge in [-0.3, -0.25) is 4.79 Å². The molecule has 21 heavy (non-hydrogen) atoms. The van der Waals surface area contributed by atoms with Crippen LogP contribution in [0.5, 0.6) is 0 Å². The fourth-order valence-electron chi connectivity index (χ4n) is 2.65. The predicted octanol–water partition coefficient (Wildman–Crippen LogP) is 2.43. The highest BCUT2D eigenvalue weighted by atomic mass is 32.1. The van der Waals surface area contributed by atoms with Crippen molar-refractivity contribution in [1.29, 1.82) is 0 Å². The molecule has 112 valence electrons. The van der Waals surface area contributed by atoms with Crippen molar-refractivity contribution in [3.63, 3.8) is 0 Å². The predicted molar refractivity (Wildman–Crippen MR) is 85.7 cm³/mol. The fraction of sp³-hybridized carbons (Fsp3) is 0.533. The van der Waals surface area contributed by atoms with Crippen LogP contribution in [-0.2, 0) is 4.79 Å². The van der Waals surface area contributed by atoms with Gasteiger partial charge in [-0.1, -0.05) is 18.3 Å². The van der Waals surface area contributed by atoms with E-state index in [2.05, 4.69) is 27.1 Å². The van der Waals surface area contributed by atoms with Crippen molar-refractivity contribution in [3.8, 4) is 0 Å². The number of carbonyl (C=O) groups excluding carboxylic acids is 1. The molecule has 1 saturated heterocycles. The Bertz CT molecular complexity index is 594. The van der Waals surface area contributed by atoms with Gasteiger partial charge in [0.1, 0.15) is 10.3 Å². The number of anilines is 1. The van der Waals surface area contributed by atoms with Crippen molar-refractivity contribution >= 4 is 32.7 Å². The summed E-state index contributed by atoms with van der Waals surface area (Å²) in [7, 11) is 0. The van der Waals surface area contributed by atoms with Gasteiger partial charge in [-0.25, -0.2) is 9.97 Å². The van der Waals surface area contributed by atoms with E-state index in [9.17, 15) is 4.79 Å². The van der Waals surface area contributed by atoms with Crippen LogP contribution >= 0.6 is 11.3 Å². The number of piperidine rings is 1. The smallest absolute Gasteiger partial charge is 0.224 e. The zero-order valence-electron chi connectivity index (χ0n) is 12.2. The van der Waals surface area contributed by atoms with Crippen LogP contribution in [0.1, 0.15) is 26.2 Å². The Balaban J connectivity index is 1.72. The van der Waals surface area contributed by atoms with Crippen LogP contribution in [0, 0.1) is 5.92 Å². The molecule has 1 amide bonds. The van der Waals surface area contributed by atoms with Crippen LogP contribution in [0.3, 0.4) is 0 Å². The van der Waals surface area contributed by atoms with Gasteiger partial charge in [0.15, 0.2) is 5.13 Å². The number of pyridine rings is 1. The number of rotatable bonds is 4. The van der Waals surface area contributed by atoms with Gasteiger partial charge < -0.3 is 10.2 Å². The molecule has 3 rings (SSSR count). The minimum absolute atomic E-state index is 0.0743. The highest BCUT2D eigenvalue weighted by Gasteiger charge is 2.27. The van der Waals surface area contributed by atoms with Crippen molar-refractivity contribution in [3.05, 3.63) is 18.3 Å². The van der Waals surface area contributed by atoms with E-state index in [-0.39, 0.29) is 11.8 Å². The molecule has 3 heterocycles. The number of carbonyl (C=O) groups is 1. The van der Waals surface area contributed by atoms with Crippen LogP contribution in [0.25, 0.3) is 10.3 Å². The molecule has 1 atom stereocenters. The standard InChI is InChI=1S/C15H20N4OS/c1-2-7-16-13(20)11-5-4-9-19(10-11)15-18-12-6-3-8-17-14(12)21-15/h3,6,8,11H,2,4-5,7,9-10H2,1H3,(H,16,20)/t11-/m0/s1. The first-order valence-electron chi connectivity index (χ1n) is 7.52. The normalized spacial score (nSPS) is 18.9. The summed E-state index contributed by atoms with van der Waals surface area (Å²) in [6, 6.07) is 3.89. The molecule has 2 aromatic rings. The van der Waals surface area contributed by atoms with Crippen LogP contribution in [0.4, 0.5) is 5.13 Å². The maximum atomic E-state index is 12.1. The third-order valence-electron chi connectivity index (χ3n) is 3.77. The Morgan fingerprint density at radius 1 is 1.57 bits per heavy atom. The van der Waals surface area contributed by atoms with E-state index in [1.807, 2.05) is 12.1 Å². The monoisotopic (exact) mass is 304 g/mol. The zero-order chi connectivity index (χ0) is 14.7. The third-order valence-corrected chi connectivity index (χ3v) is 4.81. The summed E-state index contributed by atoms with van der Waals surface area (Å²) in [5.74, 6) is 0.256. The molecule has 0 unspecified atom stereocenters. The number of amides is 1. The number of nitrogens with one attached hydrogen (secondary N) is 1. The average molecular weight is 304 g/mol. The topological polar surface area (TPSA) is 58.1 Å². The number of thiazole rings is 1. The summed E-state index contributed by atoms with van der Waals surface area (Å²) in [6.45, 7) is 4.56. The molecule has 0 spiro atoms. The highest BCUT2D eigenvalue weighted by Crippen LogP contribution is 2.30. The fourth-order valence-corrected chi connectivity index (χ4v) is 3.59. The number of hydrogen-bond acceptors (Lipinski definition) is 5. The Morgan fingerprint density at radius 3 is 3.29 bits per heavy atom. The van der Waals surface area contributed by atoms with Gasteiger partial charge in [0.05, 0.1) is 5.92 Å². The minimum Gasteiger partial charge on any atom is -0.356 e. The van der Waals surface area contributed by atoms with E-state index in [1.165, 1.54) is 0 Å². The highest BCUT2D eigenvalue weighted by molar-refractivity contribution is 7.21. The third kappa shape index (κ3) is 3.15. The molecular formula is C15H20N4OS.